The lowest BCUT2D eigenvalue weighted by molar-refractivity contribution is 0.0882. The van der Waals surface area contributed by atoms with E-state index in [1.807, 2.05) is 0 Å². The van der Waals surface area contributed by atoms with Gasteiger partial charge in [-0.25, -0.2) is 0 Å². The molecule has 0 spiro atoms. The van der Waals surface area contributed by atoms with Crippen LogP contribution in [-0.2, 0) is 6.54 Å². The van der Waals surface area contributed by atoms with Crippen molar-refractivity contribution in [2.75, 3.05) is 13.1 Å². The first-order valence-corrected chi connectivity index (χ1v) is 8.31. The molecule has 1 aliphatic carbocycles. The predicted molar refractivity (Wildman–Crippen MR) is 84.4 cm³/mol. The molecule has 1 saturated carbocycles. The quantitative estimate of drug-likeness (QED) is 0.911. The molecule has 1 heterocycles. The van der Waals surface area contributed by atoms with E-state index in [0.717, 1.165) is 6.54 Å². The Bertz CT molecular complexity index is 409. The van der Waals surface area contributed by atoms with Crippen LogP contribution in [0.15, 0.2) is 30.3 Å². The van der Waals surface area contributed by atoms with Crippen molar-refractivity contribution in [2.45, 2.75) is 57.0 Å². The highest BCUT2D eigenvalue weighted by Crippen LogP contribution is 2.36. The lowest BCUT2D eigenvalue weighted by Crippen LogP contribution is -2.54. The Balaban J connectivity index is 1.61. The van der Waals surface area contributed by atoms with Gasteiger partial charge in [-0.05, 0) is 43.7 Å². The third-order valence-electron chi connectivity index (χ3n) is 5.35. The van der Waals surface area contributed by atoms with E-state index in [9.17, 15) is 0 Å². The zero-order chi connectivity index (χ0) is 13.8. The number of rotatable bonds is 3. The highest BCUT2D eigenvalue weighted by atomic mass is 15.1. The first-order chi connectivity index (χ1) is 9.76. The maximum atomic E-state index is 6.76. The van der Waals surface area contributed by atoms with Crippen LogP contribution in [0.2, 0.25) is 0 Å². The van der Waals surface area contributed by atoms with E-state index in [0.29, 0.717) is 5.92 Å². The Kier molecular flexibility index (Phi) is 4.42. The van der Waals surface area contributed by atoms with Crippen LogP contribution in [0.3, 0.4) is 0 Å². The highest BCUT2D eigenvalue weighted by molar-refractivity contribution is 5.14. The minimum absolute atomic E-state index is 0.133. The first kappa shape index (κ1) is 14.1. The predicted octanol–water partition coefficient (Wildman–Crippen LogP) is 3.56. The van der Waals surface area contributed by atoms with Gasteiger partial charge in [0.25, 0.3) is 0 Å². The smallest absolute Gasteiger partial charge is 0.0233 e. The van der Waals surface area contributed by atoms with Crippen LogP contribution in [0.1, 0.15) is 50.5 Å². The minimum atomic E-state index is 0.133. The molecule has 2 fully saturated rings. The van der Waals surface area contributed by atoms with Crippen molar-refractivity contribution in [1.82, 2.24) is 4.90 Å². The van der Waals surface area contributed by atoms with Gasteiger partial charge in [0.1, 0.15) is 0 Å². The largest absolute Gasteiger partial charge is 0.325 e. The van der Waals surface area contributed by atoms with Crippen LogP contribution < -0.4 is 5.73 Å². The average Bonchev–Trinajstić information content (AvgIpc) is 2.49. The molecule has 1 aliphatic heterocycles. The van der Waals surface area contributed by atoms with E-state index in [1.54, 1.807) is 0 Å². The van der Waals surface area contributed by atoms with Gasteiger partial charge in [0.15, 0.2) is 0 Å². The molecule has 1 unspecified atom stereocenters. The zero-order valence-electron chi connectivity index (χ0n) is 12.6. The van der Waals surface area contributed by atoms with Crippen molar-refractivity contribution in [3.63, 3.8) is 0 Å². The fourth-order valence-corrected chi connectivity index (χ4v) is 4.13. The molecular weight excluding hydrogens is 244 g/mol. The van der Waals surface area contributed by atoms with Crippen molar-refractivity contribution in [3.8, 4) is 0 Å². The Morgan fingerprint density at radius 1 is 1.05 bits per heavy atom. The van der Waals surface area contributed by atoms with E-state index in [4.69, 9.17) is 5.73 Å². The molecule has 0 amide bonds. The number of likely N-dealkylation sites (tertiary alicyclic amines) is 1. The molecule has 2 aliphatic rings. The lowest BCUT2D eigenvalue weighted by atomic mass is 9.70. The second-order valence-electron chi connectivity index (χ2n) is 6.85. The normalized spacial score (nSPS) is 27.4. The molecule has 2 nitrogen and oxygen atoms in total. The Hall–Kier alpha value is -0.860. The van der Waals surface area contributed by atoms with Gasteiger partial charge in [-0.3, -0.25) is 4.90 Å². The number of nitrogens with zero attached hydrogens (tertiary/aromatic N) is 1. The van der Waals surface area contributed by atoms with E-state index in [1.165, 1.54) is 63.6 Å². The van der Waals surface area contributed by atoms with Crippen molar-refractivity contribution in [2.24, 2.45) is 11.7 Å². The Morgan fingerprint density at radius 3 is 2.55 bits per heavy atom. The fraction of sp³-hybridized carbons (Fsp3) is 0.667. The average molecular weight is 272 g/mol. The molecule has 1 aromatic carbocycles. The fourth-order valence-electron chi connectivity index (χ4n) is 4.13. The molecule has 110 valence electrons. The van der Waals surface area contributed by atoms with Gasteiger partial charge in [-0.2, -0.15) is 0 Å². The SMILES string of the molecule is NC1(C2CCCN(Cc3ccccc3)C2)CCCCC1. The molecule has 20 heavy (non-hydrogen) atoms. The molecule has 3 rings (SSSR count). The highest BCUT2D eigenvalue weighted by Gasteiger charge is 2.38. The van der Waals surface area contributed by atoms with Crippen LogP contribution in [0.4, 0.5) is 0 Å². The van der Waals surface area contributed by atoms with Crippen LogP contribution >= 0.6 is 0 Å². The standard InChI is InChI=1S/C18H28N2/c19-18(11-5-2-6-12-18)17-10-7-13-20(15-17)14-16-8-3-1-4-9-16/h1,3-4,8-9,17H,2,5-7,10-15,19H2. The van der Waals surface area contributed by atoms with Crippen LogP contribution in [0, 0.1) is 5.92 Å². The van der Waals surface area contributed by atoms with Crippen molar-refractivity contribution < 1.29 is 0 Å². The molecule has 2 N–H and O–H groups in total. The monoisotopic (exact) mass is 272 g/mol. The summed E-state index contributed by atoms with van der Waals surface area (Å²) in [7, 11) is 0. The summed E-state index contributed by atoms with van der Waals surface area (Å²) < 4.78 is 0. The molecule has 1 saturated heterocycles. The van der Waals surface area contributed by atoms with Gasteiger partial charge in [0.2, 0.25) is 0 Å². The third-order valence-corrected chi connectivity index (χ3v) is 5.35. The van der Waals surface area contributed by atoms with Crippen molar-refractivity contribution in [3.05, 3.63) is 35.9 Å². The summed E-state index contributed by atoms with van der Waals surface area (Å²) in [6.07, 6.45) is 9.21. The van der Waals surface area contributed by atoms with Crippen LogP contribution in [0.5, 0.6) is 0 Å². The van der Waals surface area contributed by atoms with Gasteiger partial charge < -0.3 is 5.73 Å². The topological polar surface area (TPSA) is 29.3 Å². The van der Waals surface area contributed by atoms with Gasteiger partial charge >= 0.3 is 0 Å². The number of hydrogen-bond donors (Lipinski definition) is 1. The maximum absolute atomic E-state index is 6.76. The zero-order valence-corrected chi connectivity index (χ0v) is 12.6. The van der Waals surface area contributed by atoms with Crippen LogP contribution in [-0.4, -0.2) is 23.5 Å². The Morgan fingerprint density at radius 2 is 1.80 bits per heavy atom. The van der Waals surface area contributed by atoms with Gasteiger partial charge in [-0.1, -0.05) is 49.6 Å². The van der Waals surface area contributed by atoms with E-state index in [-0.39, 0.29) is 5.54 Å². The van der Waals surface area contributed by atoms with E-state index in [2.05, 4.69) is 35.2 Å². The minimum Gasteiger partial charge on any atom is -0.325 e. The summed E-state index contributed by atoms with van der Waals surface area (Å²) in [6.45, 7) is 3.53. The number of benzene rings is 1. The number of nitrogens with two attached hydrogens (primary N) is 1. The summed E-state index contributed by atoms with van der Waals surface area (Å²) in [4.78, 5) is 2.62. The summed E-state index contributed by atoms with van der Waals surface area (Å²) in [5, 5.41) is 0. The van der Waals surface area contributed by atoms with Crippen molar-refractivity contribution >= 4 is 0 Å². The molecule has 0 aromatic heterocycles. The third kappa shape index (κ3) is 3.24. The summed E-state index contributed by atoms with van der Waals surface area (Å²) in [5.41, 5.74) is 8.33. The molecular formula is C18H28N2. The lowest BCUT2D eigenvalue weighted by Gasteiger charge is -2.45. The number of piperidine rings is 1. The van der Waals surface area contributed by atoms with Gasteiger partial charge in [0.05, 0.1) is 0 Å². The van der Waals surface area contributed by atoms with Gasteiger partial charge in [-0.15, -0.1) is 0 Å². The molecule has 0 bridgehead atoms. The summed E-state index contributed by atoms with van der Waals surface area (Å²) in [6, 6.07) is 10.9. The second-order valence-corrected chi connectivity index (χ2v) is 6.85. The molecule has 0 radical (unpaired) electrons. The molecule has 1 aromatic rings. The second kappa shape index (κ2) is 6.28. The van der Waals surface area contributed by atoms with E-state index < -0.39 is 0 Å². The van der Waals surface area contributed by atoms with Crippen LogP contribution in [0.25, 0.3) is 0 Å². The number of hydrogen-bond acceptors (Lipinski definition) is 2. The van der Waals surface area contributed by atoms with E-state index >= 15 is 0 Å². The maximum Gasteiger partial charge on any atom is 0.0233 e. The summed E-state index contributed by atoms with van der Waals surface area (Å²) in [5.74, 6) is 0.709. The molecule has 1 atom stereocenters. The molecule has 2 heteroatoms. The van der Waals surface area contributed by atoms with Gasteiger partial charge in [0, 0.05) is 18.6 Å². The van der Waals surface area contributed by atoms with Crippen molar-refractivity contribution in [1.29, 1.82) is 0 Å². The first-order valence-electron chi connectivity index (χ1n) is 8.31. The Labute approximate surface area is 123 Å². The summed E-state index contributed by atoms with van der Waals surface area (Å²) >= 11 is 0.